The van der Waals surface area contributed by atoms with Crippen LogP contribution >= 0.6 is 0 Å². The summed E-state index contributed by atoms with van der Waals surface area (Å²) in [5, 5.41) is 2.78. The van der Waals surface area contributed by atoms with E-state index in [1.54, 1.807) is 0 Å². The first-order valence-electron chi connectivity index (χ1n) is 4.04. The van der Waals surface area contributed by atoms with Crippen LogP contribution in [0.15, 0.2) is 0 Å². The van der Waals surface area contributed by atoms with Gasteiger partial charge in [0.25, 0.3) is 0 Å². The van der Waals surface area contributed by atoms with Crippen molar-refractivity contribution in [1.82, 2.24) is 5.32 Å². The Kier molecular flexibility index (Phi) is 2.30. The van der Waals surface area contributed by atoms with E-state index < -0.39 is 0 Å². The number of carbonyl (C=O) groups excluding carboxylic acids is 1. The van der Waals surface area contributed by atoms with Gasteiger partial charge in [0, 0.05) is 0 Å². The quantitative estimate of drug-likeness (QED) is 0.589. The molecular formula is C8H15NO. The maximum Gasteiger partial charge on any atom is 0.243 e. The topological polar surface area (TPSA) is 39.0 Å². The molecule has 1 saturated heterocycles. The summed E-state index contributed by atoms with van der Waals surface area (Å²) in [6.45, 7) is 4.38. The third kappa shape index (κ3) is 2.01. The highest BCUT2D eigenvalue weighted by Crippen LogP contribution is 2.17. The Hall–Kier alpha value is -0.530. The summed E-state index contributed by atoms with van der Waals surface area (Å²) in [6, 6.07) is 0.210. The summed E-state index contributed by atoms with van der Waals surface area (Å²) in [4.78, 5) is 10.5. The molecule has 2 unspecified atom stereocenters. The highest BCUT2D eigenvalue weighted by molar-refractivity contribution is 5.96. The Labute approximate surface area is 62.0 Å². The fourth-order valence-electron chi connectivity index (χ4n) is 1.31. The Morgan fingerprint density at radius 2 is 2.30 bits per heavy atom. The number of amides is 1. The number of nitrogens with one attached hydrogen (secondary N) is 1. The molecule has 0 aromatic heterocycles. The maximum atomic E-state index is 10.5. The van der Waals surface area contributed by atoms with Crippen molar-refractivity contribution in [3.63, 3.8) is 0 Å². The Bertz CT molecular complexity index is 133. The van der Waals surface area contributed by atoms with Crippen molar-refractivity contribution in [2.45, 2.75) is 39.2 Å². The molecule has 10 heavy (non-hydrogen) atoms. The summed E-state index contributed by atoms with van der Waals surface area (Å²) in [7, 11) is 0. The standard InChI is InChI=1S/C8H15NO/c1-3-4-6(2)5-7-8(10)9-7/h6-7H,3-5H2,1-2H3,(H,9,10). The summed E-state index contributed by atoms with van der Waals surface area (Å²) in [5.41, 5.74) is 0. The van der Waals surface area contributed by atoms with Gasteiger partial charge in [-0.05, 0) is 12.3 Å². The van der Waals surface area contributed by atoms with Crippen LogP contribution in [0.25, 0.3) is 0 Å². The van der Waals surface area contributed by atoms with Gasteiger partial charge in [0.15, 0.2) is 0 Å². The molecule has 1 N–H and O–H groups in total. The maximum absolute atomic E-state index is 10.5. The molecule has 1 aliphatic heterocycles. The summed E-state index contributed by atoms with van der Waals surface area (Å²) >= 11 is 0. The molecule has 0 aromatic rings. The van der Waals surface area contributed by atoms with Crippen LogP contribution in [0.5, 0.6) is 0 Å². The van der Waals surface area contributed by atoms with E-state index >= 15 is 0 Å². The van der Waals surface area contributed by atoms with Gasteiger partial charge in [-0.3, -0.25) is 4.79 Å². The second-order valence-corrected chi connectivity index (χ2v) is 3.19. The Morgan fingerprint density at radius 3 is 2.70 bits per heavy atom. The minimum atomic E-state index is 0.210. The second kappa shape index (κ2) is 3.04. The van der Waals surface area contributed by atoms with Gasteiger partial charge in [-0.2, -0.15) is 0 Å². The highest BCUT2D eigenvalue weighted by Gasteiger charge is 2.33. The van der Waals surface area contributed by atoms with Crippen molar-refractivity contribution >= 4 is 5.91 Å². The minimum Gasteiger partial charge on any atom is -0.343 e. The fourth-order valence-corrected chi connectivity index (χ4v) is 1.31. The first kappa shape index (κ1) is 7.58. The molecule has 0 aliphatic carbocycles. The monoisotopic (exact) mass is 141 g/mol. The molecule has 0 spiro atoms. The smallest absolute Gasteiger partial charge is 0.243 e. The van der Waals surface area contributed by atoms with E-state index in [0.717, 1.165) is 6.42 Å². The van der Waals surface area contributed by atoms with Crippen LogP contribution in [0.2, 0.25) is 0 Å². The molecular weight excluding hydrogens is 126 g/mol. The van der Waals surface area contributed by atoms with Crippen LogP contribution < -0.4 is 5.32 Å². The van der Waals surface area contributed by atoms with Crippen molar-refractivity contribution in [3.05, 3.63) is 0 Å². The molecule has 1 fully saturated rings. The SMILES string of the molecule is CCCC(C)CC1NC1=O. The third-order valence-corrected chi connectivity index (χ3v) is 1.97. The van der Waals surface area contributed by atoms with Crippen LogP contribution in [-0.2, 0) is 4.79 Å². The molecule has 0 bridgehead atoms. The van der Waals surface area contributed by atoms with Gasteiger partial charge in [0.2, 0.25) is 5.91 Å². The van der Waals surface area contributed by atoms with Crippen LogP contribution in [-0.4, -0.2) is 11.9 Å². The van der Waals surface area contributed by atoms with E-state index in [-0.39, 0.29) is 11.9 Å². The lowest BCUT2D eigenvalue weighted by Crippen LogP contribution is -2.01. The Balaban J connectivity index is 2.07. The zero-order chi connectivity index (χ0) is 7.56. The van der Waals surface area contributed by atoms with Crippen LogP contribution in [0.1, 0.15) is 33.1 Å². The molecule has 1 heterocycles. The first-order valence-corrected chi connectivity index (χ1v) is 4.04. The molecule has 1 aliphatic rings. The lowest BCUT2D eigenvalue weighted by atomic mass is 10.0. The molecule has 0 aromatic carbocycles. The van der Waals surface area contributed by atoms with E-state index in [4.69, 9.17) is 0 Å². The van der Waals surface area contributed by atoms with Gasteiger partial charge < -0.3 is 5.32 Å². The molecule has 58 valence electrons. The van der Waals surface area contributed by atoms with Crippen molar-refractivity contribution in [2.24, 2.45) is 5.92 Å². The van der Waals surface area contributed by atoms with Crippen molar-refractivity contribution in [1.29, 1.82) is 0 Å². The fraction of sp³-hybridized carbons (Fsp3) is 0.875. The average molecular weight is 141 g/mol. The van der Waals surface area contributed by atoms with E-state index in [0.29, 0.717) is 5.92 Å². The van der Waals surface area contributed by atoms with Gasteiger partial charge in [-0.25, -0.2) is 0 Å². The molecule has 0 saturated carbocycles. The van der Waals surface area contributed by atoms with E-state index in [1.165, 1.54) is 12.8 Å². The van der Waals surface area contributed by atoms with Crippen molar-refractivity contribution in [3.8, 4) is 0 Å². The van der Waals surface area contributed by atoms with Crippen molar-refractivity contribution < 1.29 is 4.79 Å². The summed E-state index contributed by atoms with van der Waals surface area (Å²) in [6.07, 6.45) is 3.50. The first-order chi connectivity index (χ1) is 4.74. The van der Waals surface area contributed by atoms with Gasteiger partial charge in [0.1, 0.15) is 6.04 Å². The minimum absolute atomic E-state index is 0.210. The van der Waals surface area contributed by atoms with E-state index in [9.17, 15) is 4.79 Å². The van der Waals surface area contributed by atoms with Gasteiger partial charge in [-0.15, -0.1) is 0 Å². The zero-order valence-electron chi connectivity index (χ0n) is 6.68. The molecule has 2 atom stereocenters. The van der Waals surface area contributed by atoms with Crippen LogP contribution in [0.4, 0.5) is 0 Å². The molecule has 1 amide bonds. The predicted octanol–water partition coefficient (Wildman–Crippen LogP) is 1.31. The number of hydrogen-bond acceptors (Lipinski definition) is 1. The van der Waals surface area contributed by atoms with Gasteiger partial charge in [-0.1, -0.05) is 26.7 Å². The summed E-state index contributed by atoms with van der Waals surface area (Å²) in [5.74, 6) is 0.942. The van der Waals surface area contributed by atoms with Gasteiger partial charge >= 0.3 is 0 Å². The zero-order valence-corrected chi connectivity index (χ0v) is 6.68. The lowest BCUT2D eigenvalue weighted by Gasteiger charge is -2.05. The number of hydrogen-bond donors (Lipinski definition) is 1. The van der Waals surface area contributed by atoms with Crippen molar-refractivity contribution in [2.75, 3.05) is 0 Å². The molecule has 2 nitrogen and oxygen atoms in total. The largest absolute Gasteiger partial charge is 0.343 e. The highest BCUT2D eigenvalue weighted by atomic mass is 16.2. The lowest BCUT2D eigenvalue weighted by molar-refractivity contribution is -0.111. The Morgan fingerprint density at radius 1 is 1.70 bits per heavy atom. The van der Waals surface area contributed by atoms with Crippen LogP contribution in [0, 0.1) is 5.92 Å². The van der Waals surface area contributed by atoms with Gasteiger partial charge in [0.05, 0.1) is 0 Å². The predicted molar refractivity (Wildman–Crippen MR) is 40.6 cm³/mol. The average Bonchev–Trinajstić information content (AvgIpc) is 2.47. The van der Waals surface area contributed by atoms with Crippen LogP contribution in [0.3, 0.4) is 0 Å². The number of carbonyl (C=O) groups is 1. The van der Waals surface area contributed by atoms with E-state index in [1.807, 2.05) is 0 Å². The van der Waals surface area contributed by atoms with E-state index in [2.05, 4.69) is 19.2 Å². The molecule has 2 heteroatoms. The molecule has 1 rings (SSSR count). The number of rotatable bonds is 4. The molecule has 0 radical (unpaired) electrons. The second-order valence-electron chi connectivity index (χ2n) is 3.19. The normalized spacial score (nSPS) is 25.8. The third-order valence-electron chi connectivity index (χ3n) is 1.97. The summed E-state index contributed by atoms with van der Waals surface area (Å²) < 4.78 is 0.